The van der Waals surface area contributed by atoms with Gasteiger partial charge in [-0.1, -0.05) is 23.4 Å². The molecule has 1 aromatic carbocycles. The fraction of sp³-hybridized carbons (Fsp3) is 0.235. The Labute approximate surface area is 140 Å². The third-order valence-corrected chi connectivity index (χ3v) is 3.90. The predicted octanol–water partition coefficient (Wildman–Crippen LogP) is 2.72. The zero-order valence-corrected chi connectivity index (χ0v) is 13.7. The van der Waals surface area contributed by atoms with Crippen LogP contribution in [0.15, 0.2) is 36.5 Å². The number of benzene rings is 1. The fourth-order valence-corrected chi connectivity index (χ4v) is 2.31. The SMILES string of the molecule is Cc1nnc(NC(C)c2cn(-c3ccccc3)nn2)c(C#N)c1C. The first-order valence-corrected chi connectivity index (χ1v) is 7.58. The van der Waals surface area contributed by atoms with E-state index in [1.807, 2.05) is 57.3 Å². The Morgan fingerprint density at radius 3 is 2.58 bits per heavy atom. The smallest absolute Gasteiger partial charge is 0.167 e. The molecule has 0 fully saturated rings. The quantitative estimate of drug-likeness (QED) is 0.795. The number of rotatable bonds is 4. The van der Waals surface area contributed by atoms with Crippen molar-refractivity contribution in [2.75, 3.05) is 5.32 Å². The van der Waals surface area contributed by atoms with E-state index >= 15 is 0 Å². The second kappa shape index (κ2) is 6.46. The standard InChI is InChI=1S/C17H17N7/c1-11-12(2)20-22-17(15(11)9-18)19-13(3)16-10-24(23-21-16)14-7-5-4-6-8-14/h4-8,10,13H,1-3H3,(H,19,22). The van der Waals surface area contributed by atoms with E-state index in [0.29, 0.717) is 11.4 Å². The summed E-state index contributed by atoms with van der Waals surface area (Å²) in [5.41, 5.74) is 3.77. The third-order valence-electron chi connectivity index (χ3n) is 3.90. The summed E-state index contributed by atoms with van der Waals surface area (Å²) in [7, 11) is 0. The Bertz CT molecular complexity index is 893. The average molecular weight is 319 g/mol. The van der Waals surface area contributed by atoms with Gasteiger partial charge in [0.25, 0.3) is 0 Å². The number of para-hydroxylation sites is 1. The fourth-order valence-electron chi connectivity index (χ4n) is 2.31. The van der Waals surface area contributed by atoms with Crippen molar-refractivity contribution in [3.05, 3.63) is 59.0 Å². The topological polar surface area (TPSA) is 92.3 Å². The van der Waals surface area contributed by atoms with Gasteiger partial charge >= 0.3 is 0 Å². The Balaban J connectivity index is 1.84. The van der Waals surface area contributed by atoms with E-state index in [4.69, 9.17) is 0 Å². The maximum Gasteiger partial charge on any atom is 0.167 e. The predicted molar refractivity (Wildman–Crippen MR) is 89.6 cm³/mol. The van der Waals surface area contributed by atoms with Gasteiger partial charge in [0.1, 0.15) is 17.3 Å². The molecule has 0 amide bonds. The zero-order chi connectivity index (χ0) is 17.1. The second-order valence-electron chi connectivity index (χ2n) is 5.54. The minimum atomic E-state index is -0.161. The molecule has 2 heterocycles. The van der Waals surface area contributed by atoms with Gasteiger partial charge in [0.15, 0.2) is 5.82 Å². The van der Waals surface area contributed by atoms with Crippen molar-refractivity contribution in [2.24, 2.45) is 0 Å². The summed E-state index contributed by atoms with van der Waals surface area (Å²) in [5, 5.41) is 29.1. The van der Waals surface area contributed by atoms with Crippen LogP contribution < -0.4 is 5.32 Å². The summed E-state index contributed by atoms with van der Waals surface area (Å²) >= 11 is 0. The van der Waals surface area contributed by atoms with Gasteiger partial charge in [-0.15, -0.1) is 10.2 Å². The van der Waals surface area contributed by atoms with E-state index < -0.39 is 0 Å². The van der Waals surface area contributed by atoms with Crippen molar-refractivity contribution in [2.45, 2.75) is 26.8 Å². The lowest BCUT2D eigenvalue weighted by molar-refractivity contribution is 0.776. The number of hydrogen-bond donors (Lipinski definition) is 1. The summed E-state index contributed by atoms with van der Waals surface area (Å²) < 4.78 is 1.71. The maximum absolute atomic E-state index is 9.37. The van der Waals surface area contributed by atoms with Gasteiger partial charge < -0.3 is 5.32 Å². The molecule has 1 atom stereocenters. The number of aromatic nitrogens is 5. The van der Waals surface area contributed by atoms with Crippen molar-refractivity contribution < 1.29 is 0 Å². The number of anilines is 1. The molecule has 7 nitrogen and oxygen atoms in total. The molecule has 7 heteroatoms. The van der Waals surface area contributed by atoms with Gasteiger partial charge in [-0.05, 0) is 38.5 Å². The minimum absolute atomic E-state index is 0.161. The monoisotopic (exact) mass is 319 g/mol. The maximum atomic E-state index is 9.37. The first-order chi connectivity index (χ1) is 11.6. The number of aryl methyl sites for hydroxylation is 1. The molecule has 0 spiro atoms. The van der Waals surface area contributed by atoms with Gasteiger partial charge in [-0.2, -0.15) is 10.4 Å². The molecule has 1 unspecified atom stereocenters. The third kappa shape index (κ3) is 2.94. The zero-order valence-electron chi connectivity index (χ0n) is 13.7. The van der Waals surface area contributed by atoms with Crippen LogP contribution in [0.3, 0.4) is 0 Å². The van der Waals surface area contributed by atoms with Crippen LogP contribution in [0.5, 0.6) is 0 Å². The van der Waals surface area contributed by atoms with Crippen LogP contribution in [0, 0.1) is 25.2 Å². The van der Waals surface area contributed by atoms with E-state index in [9.17, 15) is 5.26 Å². The highest BCUT2D eigenvalue weighted by Crippen LogP contribution is 2.22. The van der Waals surface area contributed by atoms with Crippen molar-refractivity contribution in [1.82, 2.24) is 25.2 Å². The van der Waals surface area contributed by atoms with Crippen LogP contribution in [-0.2, 0) is 0 Å². The largest absolute Gasteiger partial charge is 0.359 e. The van der Waals surface area contributed by atoms with E-state index in [-0.39, 0.29) is 6.04 Å². The van der Waals surface area contributed by atoms with Gasteiger partial charge in [-0.3, -0.25) is 0 Å². The Morgan fingerprint density at radius 2 is 1.88 bits per heavy atom. The first-order valence-electron chi connectivity index (χ1n) is 7.58. The lowest BCUT2D eigenvalue weighted by atomic mass is 10.1. The summed E-state index contributed by atoms with van der Waals surface area (Å²) in [6.45, 7) is 5.64. The van der Waals surface area contributed by atoms with Crippen molar-refractivity contribution in [1.29, 1.82) is 5.26 Å². The molecule has 24 heavy (non-hydrogen) atoms. The van der Waals surface area contributed by atoms with E-state index in [2.05, 4.69) is 31.9 Å². The van der Waals surface area contributed by atoms with Crippen LogP contribution in [0.2, 0.25) is 0 Å². The molecule has 0 radical (unpaired) electrons. The van der Waals surface area contributed by atoms with Crippen molar-refractivity contribution >= 4 is 5.82 Å². The van der Waals surface area contributed by atoms with Crippen LogP contribution in [0.4, 0.5) is 5.82 Å². The summed E-state index contributed by atoms with van der Waals surface area (Å²) in [5.74, 6) is 0.461. The molecule has 0 aliphatic carbocycles. The molecular formula is C17H17N7. The van der Waals surface area contributed by atoms with Gasteiger partial charge in [-0.25, -0.2) is 4.68 Å². The Hall–Kier alpha value is -3.27. The van der Waals surface area contributed by atoms with Crippen LogP contribution in [-0.4, -0.2) is 25.2 Å². The molecule has 3 aromatic rings. The Morgan fingerprint density at radius 1 is 1.12 bits per heavy atom. The van der Waals surface area contributed by atoms with Crippen LogP contribution >= 0.6 is 0 Å². The molecule has 0 bridgehead atoms. The van der Waals surface area contributed by atoms with Gasteiger partial charge in [0, 0.05) is 0 Å². The van der Waals surface area contributed by atoms with Crippen molar-refractivity contribution in [3.8, 4) is 11.8 Å². The highest BCUT2D eigenvalue weighted by atomic mass is 15.4. The molecule has 0 aliphatic rings. The highest BCUT2D eigenvalue weighted by Gasteiger charge is 2.16. The highest BCUT2D eigenvalue weighted by molar-refractivity contribution is 5.56. The molecular weight excluding hydrogens is 302 g/mol. The molecule has 0 aliphatic heterocycles. The summed E-state index contributed by atoms with van der Waals surface area (Å²) in [6, 6.07) is 11.8. The molecule has 0 saturated heterocycles. The second-order valence-corrected chi connectivity index (χ2v) is 5.54. The summed E-state index contributed by atoms with van der Waals surface area (Å²) in [6.07, 6.45) is 1.85. The molecule has 1 N–H and O–H groups in total. The van der Waals surface area contributed by atoms with E-state index in [1.165, 1.54) is 0 Å². The number of nitriles is 1. The molecule has 2 aromatic heterocycles. The molecule has 3 rings (SSSR count). The normalized spacial score (nSPS) is 11.8. The first kappa shape index (κ1) is 15.6. The molecule has 120 valence electrons. The van der Waals surface area contributed by atoms with Crippen LogP contribution in [0.1, 0.15) is 35.5 Å². The van der Waals surface area contributed by atoms with E-state index in [0.717, 1.165) is 22.6 Å². The minimum Gasteiger partial charge on any atom is -0.359 e. The van der Waals surface area contributed by atoms with E-state index in [1.54, 1.807) is 4.68 Å². The Kier molecular flexibility index (Phi) is 4.20. The van der Waals surface area contributed by atoms with Gasteiger partial charge in [0.2, 0.25) is 0 Å². The van der Waals surface area contributed by atoms with Crippen LogP contribution in [0.25, 0.3) is 5.69 Å². The summed E-state index contributed by atoms with van der Waals surface area (Å²) in [4.78, 5) is 0. The lowest BCUT2D eigenvalue weighted by Gasteiger charge is -2.13. The van der Waals surface area contributed by atoms with Gasteiger partial charge in [0.05, 0.1) is 23.6 Å². The van der Waals surface area contributed by atoms with Crippen molar-refractivity contribution in [3.63, 3.8) is 0 Å². The number of hydrogen-bond acceptors (Lipinski definition) is 6. The molecule has 0 saturated carbocycles. The lowest BCUT2D eigenvalue weighted by Crippen LogP contribution is -2.12. The average Bonchev–Trinajstić information content (AvgIpc) is 3.09. The number of nitrogens with one attached hydrogen (secondary N) is 1. The number of nitrogens with zero attached hydrogens (tertiary/aromatic N) is 6.